The van der Waals surface area contributed by atoms with Gasteiger partial charge >= 0.3 is 5.97 Å². The number of carbonyl (C=O) groups excluding carboxylic acids is 1. The van der Waals surface area contributed by atoms with Gasteiger partial charge in [0, 0.05) is 10.7 Å². The molecule has 1 N–H and O–H groups in total. The topological polar surface area (TPSA) is 38.3 Å². The number of anilines is 2. The molecule has 0 radical (unpaired) electrons. The van der Waals surface area contributed by atoms with Crippen LogP contribution in [0.25, 0.3) is 0 Å². The second-order valence-corrected chi connectivity index (χ2v) is 12.9. The van der Waals surface area contributed by atoms with Crippen molar-refractivity contribution in [3.8, 4) is 0 Å². The lowest BCUT2D eigenvalue weighted by molar-refractivity contribution is 0.0713. The maximum Gasteiger partial charge on any atom is 0.326 e. The van der Waals surface area contributed by atoms with Gasteiger partial charge in [-0.2, -0.15) is 0 Å². The molecule has 0 heterocycles. The maximum atomic E-state index is 12.8. The minimum absolute atomic E-state index is 0.0332. The van der Waals surface area contributed by atoms with Crippen LogP contribution < -0.4 is 5.32 Å². The molecule has 2 rings (SSSR count). The van der Waals surface area contributed by atoms with E-state index >= 15 is 0 Å². The summed E-state index contributed by atoms with van der Waals surface area (Å²) in [6.07, 6.45) is 0. The first-order valence-electron chi connectivity index (χ1n) is 8.37. The van der Waals surface area contributed by atoms with Crippen LogP contribution in [0.2, 0.25) is 23.2 Å². The molecule has 0 aliphatic heterocycles. The molecule has 0 spiro atoms. The third-order valence-electron chi connectivity index (χ3n) is 4.84. The molecule has 2 aromatic carbocycles. The van der Waals surface area contributed by atoms with Crippen LogP contribution in [0.3, 0.4) is 0 Å². The molecule has 0 unspecified atom stereocenters. The third kappa shape index (κ3) is 4.44. The largest absolute Gasteiger partial charge is 0.516 e. The van der Waals surface area contributed by atoms with E-state index in [2.05, 4.69) is 39.2 Å². The summed E-state index contributed by atoms with van der Waals surface area (Å²) in [7, 11) is -2.18. The summed E-state index contributed by atoms with van der Waals surface area (Å²) in [5, 5.41) is 3.97. The minimum atomic E-state index is -2.18. The summed E-state index contributed by atoms with van der Waals surface area (Å²) in [4.78, 5) is 12.8. The molecule has 0 aliphatic rings. The van der Waals surface area contributed by atoms with Crippen molar-refractivity contribution in [1.29, 1.82) is 0 Å². The summed E-state index contributed by atoms with van der Waals surface area (Å²) in [6, 6.07) is 13.1. The van der Waals surface area contributed by atoms with Crippen molar-refractivity contribution in [2.75, 3.05) is 5.32 Å². The normalized spacial score (nSPS) is 12.0. The third-order valence-corrected chi connectivity index (χ3v) is 9.56. The molecule has 0 atom stereocenters. The van der Waals surface area contributed by atoms with Gasteiger partial charge in [0.25, 0.3) is 8.32 Å². The second-order valence-electron chi connectivity index (χ2n) is 7.73. The molecule has 0 bridgehead atoms. The fourth-order valence-corrected chi connectivity index (χ4v) is 3.15. The van der Waals surface area contributed by atoms with Gasteiger partial charge in [-0.25, -0.2) is 4.79 Å². The van der Waals surface area contributed by atoms with Crippen molar-refractivity contribution >= 4 is 37.3 Å². The van der Waals surface area contributed by atoms with E-state index in [-0.39, 0.29) is 11.0 Å². The highest BCUT2D eigenvalue weighted by molar-refractivity contribution is 6.75. The van der Waals surface area contributed by atoms with E-state index in [0.717, 1.165) is 16.9 Å². The lowest BCUT2D eigenvalue weighted by atomic mass is 10.1. The van der Waals surface area contributed by atoms with E-state index in [1.54, 1.807) is 6.07 Å². The van der Waals surface area contributed by atoms with Crippen LogP contribution in [0.5, 0.6) is 0 Å². The van der Waals surface area contributed by atoms with Gasteiger partial charge < -0.3 is 9.74 Å². The van der Waals surface area contributed by atoms with Crippen LogP contribution >= 0.6 is 11.6 Å². The number of benzene rings is 2. The Morgan fingerprint density at radius 1 is 1.04 bits per heavy atom. The van der Waals surface area contributed by atoms with Crippen LogP contribution in [0.15, 0.2) is 42.5 Å². The number of rotatable bonds is 4. The quantitative estimate of drug-likeness (QED) is 0.615. The molecule has 0 amide bonds. The molecule has 3 nitrogen and oxygen atoms in total. The summed E-state index contributed by atoms with van der Waals surface area (Å²) >= 11 is 6.19. The minimum Gasteiger partial charge on any atom is -0.516 e. The average Bonchev–Trinajstić information content (AvgIpc) is 2.51. The molecular formula is C20H26ClNO2Si. The highest BCUT2D eigenvalue weighted by Crippen LogP contribution is 2.37. The molecule has 0 saturated carbocycles. The zero-order valence-corrected chi connectivity index (χ0v) is 17.5. The Balaban J connectivity index is 2.32. The molecular weight excluding hydrogens is 350 g/mol. The summed E-state index contributed by atoms with van der Waals surface area (Å²) in [5.74, 6) is -0.283. The summed E-state index contributed by atoms with van der Waals surface area (Å²) in [6.45, 7) is 12.4. The van der Waals surface area contributed by atoms with Crippen LogP contribution in [0.4, 0.5) is 11.4 Å². The Labute approximate surface area is 156 Å². The van der Waals surface area contributed by atoms with Crippen LogP contribution in [-0.4, -0.2) is 14.3 Å². The van der Waals surface area contributed by atoms with Crippen molar-refractivity contribution in [2.24, 2.45) is 0 Å². The molecule has 5 heteroatoms. The van der Waals surface area contributed by atoms with Gasteiger partial charge in [-0.15, -0.1) is 0 Å². The lowest BCUT2D eigenvalue weighted by Crippen LogP contribution is -2.42. The number of halogens is 1. The van der Waals surface area contributed by atoms with Crippen LogP contribution in [0, 0.1) is 6.92 Å². The first kappa shape index (κ1) is 19.5. The van der Waals surface area contributed by atoms with E-state index in [0.29, 0.717) is 10.6 Å². The van der Waals surface area contributed by atoms with Crippen molar-refractivity contribution < 1.29 is 9.22 Å². The summed E-state index contributed by atoms with van der Waals surface area (Å²) < 4.78 is 5.95. The Kier molecular flexibility index (Phi) is 5.64. The number of carbonyl (C=O) groups is 1. The van der Waals surface area contributed by atoms with Crippen molar-refractivity contribution in [2.45, 2.75) is 45.8 Å². The van der Waals surface area contributed by atoms with Crippen LogP contribution in [-0.2, 0) is 4.43 Å². The number of nitrogens with one attached hydrogen (secondary N) is 1. The zero-order valence-electron chi connectivity index (χ0n) is 15.7. The van der Waals surface area contributed by atoms with Gasteiger partial charge in [-0.1, -0.05) is 50.6 Å². The van der Waals surface area contributed by atoms with Gasteiger partial charge in [0.05, 0.1) is 11.3 Å². The average molecular weight is 376 g/mol. The predicted molar refractivity (Wildman–Crippen MR) is 109 cm³/mol. The van der Waals surface area contributed by atoms with Gasteiger partial charge in [0.2, 0.25) is 0 Å². The van der Waals surface area contributed by atoms with E-state index in [9.17, 15) is 4.79 Å². The van der Waals surface area contributed by atoms with Crippen molar-refractivity contribution in [3.05, 3.63) is 58.6 Å². The fraction of sp³-hybridized carbons (Fsp3) is 0.350. The van der Waals surface area contributed by atoms with E-state index in [1.807, 2.05) is 43.3 Å². The van der Waals surface area contributed by atoms with E-state index in [1.165, 1.54) is 0 Å². The fourth-order valence-electron chi connectivity index (χ4n) is 2.10. The molecule has 0 aromatic heterocycles. The molecule has 134 valence electrons. The Morgan fingerprint density at radius 3 is 2.28 bits per heavy atom. The highest BCUT2D eigenvalue weighted by Gasteiger charge is 2.40. The highest BCUT2D eigenvalue weighted by atomic mass is 35.5. The Hall–Kier alpha value is -1.78. The zero-order chi connectivity index (χ0) is 18.8. The SMILES string of the molecule is Cc1c(Cl)cccc1Nc1ccccc1C(=O)O[Si](C)(C)C(C)(C)C. The molecule has 25 heavy (non-hydrogen) atoms. The number of hydrogen-bond donors (Lipinski definition) is 1. The molecule has 2 aromatic rings. The second kappa shape index (κ2) is 7.22. The summed E-state index contributed by atoms with van der Waals surface area (Å²) in [5.41, 5.74) is 3.07. The predicted octanol–water partition coefficient (Wildman–Crippen LogP) is 6.55. The van der Waals surface area contributed by atoms with E-state index < -0.39 is 8.32 Å². The first-order chi connectivity index (χ1) is 11.5. The Bertz CT molecular complexity index is 782. The maximum absolute atomic E-state index is 12.8. The molecule has 0 saturated heterocycles. The van der Waals surface area contributed by atoms with Gasteiger partial charge in [0.15, 0.2) is 0 Å². The number of hydrogen-bond acceptors (Lipinski definition) is 3. The smallest absolute Gasteiger partial charge is 0.326 e. The monoisotopic (exact) mass is 375 g/mol. The van der Waals surface area contributed by atoms with Crippen molar-refractivity contribution in [3.63, 3.8) is 0 Å². The van der Waals surface area contributed by atoms with Gasteiger partial charge in [-0.3, -0.25) is 0 Å². The van der Waals surface area contributed by atoms with Crippen molar-refractivity contribution in [1.82, 2.24) is 0 Å². The lowest BCUT2D eigenvalue weighted by Gasteiger charge is -2.35. The molecule has 0 aliphatic carbocycles. The van der Waals surface area contributed by atoms with Gasteiger partial charge in [0.1, 0.15) is 0 Å². The van der Waals surface area contributed by atoms with Gasteiger partial charge in [-0.05, 0) is 54.9 Å². The van der Waals surface area contributed by atoms with Crippen LogP contribution in [0.1, 0.15) is 36.7 Å². The molecule has 0 fully saturated rings. The standard InChI is InChI=1S/C20H26ClNO2Si/c1-14-16(21)11-9-13-17(14)22-18-12-8-7-10-15(18)19(23)24-25(5,6)20(2,3)4/h7-13,22H,1-6H3. The Morgan fingerprint density at radius 2 is 1.64 bits per heavy atom. The first-order valence-corrected chi connectivity index (χ1v) is 11.7. The number of para-hydroxylation sites is 1. The van der Waals surface area contributed by atoms with E-state index in [4.69, 9.17) is 16.0 Å².